The molecule has 0 fully saturated rings. The molecule has 15 heavy (non-hydrogen) atoms. The molecule has 0 aliphatic heterocycles. The van der Waals surface area contributed by atoms with Crippen molar-refractivity contribution in [2.24, 2.45) is 0 Å². The van der Waals surface area contributed by atoms with Crippen molar-refractivity contribution >= 4 is 33.2 Å². The lowest BCUT2D eigenvalue weighted by atomic mass is 10.3. The van der Waals surface area contributed by atoms with E-state index in [0.717, 1.165) is 16.6 Å². The van der Waals surface area contributed by atoms with Gasteiger partial charge in [0.1, 0.15) is 0 Å². The van der Waals surface area contributed by atoms with Gasteiger partial charge in [-0.05, 0) is 28.9 Å². The molecule has 1 rings (SSSR count). The van der Waals surface area contributed by atoms with E-state index < -0.39 is 5.97 Å². The second-order valence-corrected chi connectivity index (χ2v) is 5.08. The van der Waals surface area contributed by atoms with Crippen molar-refractivity contribution in [1.29, 1.82) is 0 Å². The van der Waals surface area contributed by atoms with Crippen LogP contribution in [0.5, 0.6) is 0 Å². The Morgan fingerprint density at radius 2 is 2.47 bits per heavy atom. The van der Waals surface area contributed by atoms with Crippen LogP contribution >= 0.6 is 27.3 Å². The van der Waals surface area contributed by atoms with Gasteiger partial charge in [0.2, 0.25) is 0 Å². The summed E-state index contributed by atoms with van der Waals surface area (Å²) in [5.41, 5.74) is 0.818. The van der Waals surface area contributed by atoms with Gasteiger partial charge in [-0.25, -0.2) is 4.79 Å². The number of aliphatic carboxylic acids is 1. The van der Waals surface area contributed by atoms with Gasteiger partial charge in [0.05, 0.1) is 0 Å². The molecule has 3 nitrogen and oxygen atoms in total. The van der Waals surface area contributed by atoms with Crippen molar-refractivity contribution in [2.45, 2.75) is 13.5 Å². The monoisotopic (exact) mass is 289 g/mol. The summed E-state index contributed by atoms with van der Waals surface area (Å²) in [6, 6.07) is 2.05. The summed E-state index contributed by atoms with van der Waals surface area (Å²) < 4.78 is 1.09. The lowest BCUT2D eigenvalue weighted by Crippen LogP contribution is -2.15. The number of halogens is 1. The van der Waals surface area contributed by atoms with Gasteiger partial charge in [-0.15, -0.1) is 11.3 Å². The SMILES string of the molecule is CC(=CC(=O)O)CNCc1cc(Br)cs1. The van der Waals surface area contributed by atoms with E-state index in [2.05, 4.69) is 21.2 Å². The van der Waals surface area contributed by atoms with E-state index in [9.17, 15) is 4.79 Å². The minimum atomic E-state index is -0.895. The maximum absolute atomic E-state index is 10.3. The summed E-state index contributed by atoms with van der Waals surface area (Å²) in [6.45, 7) is 3.16. The van der Waals surface area contributed by atoms with Crippen LogP contribution < -0.4 is 5.32 Å². The Morgan fingerprint density at radius 3 is 3.00 bits per heavy atom. The van der Waals surface area contributed by atoms with E-state index in [-0.39, 0.29) is 0 Å². The van der Waals surface area contributed by atoms with Crippen LogP contribution in [-0.4, -0.2) is 17.6 Å². The standard InChI is InChI=1S/C10H12BrNO2S/c1-7(2-10(13)14)4-12-5-9-3-8(11)6-15-9/h2-3,6,12H,4-5H2,1H3,(H,13,14). The lowest BCUT2D eigenvalue weighted by molar-refractivity contribution is -0.131. The maximum atomic E-state index is 10.3. The van der Waals surface area contributed by atoms with Gasteiger partial charge in [0.25, 0.3) is 0 Å². The van der Waals surface area contributed by atoms with Gasteiger partial charge in [-0.2, -0.15) is 0 Å². The molecular formula is C10H12BrNO2S. The Morgan fingerprint density at radius 1 is 1.73 bits per heavy atom. The number of thiophene rings is 1. The van der Waals surface area contributed by atoms with Crippen molar-refractivity contribution in [1.82, 2.24) is 5.32 Å². The van der Waals surface area contributed by atoms with Crippen LogP contribution in [0.2, 0.25) is 0 Å². The molecule has 0 spiro atoms. The number of nitrogens with one attached hydrogen (secondary N) is 1. The molecule has 1 aromatic rings. The zero-order valence-electron chi connectivity index (χ0n) is 8.29. The smallest absolute Gasteiger partial charge is 0.328 e. The largest absolute Gasteiger partial charge is 0.478 e. The predicted octanol–water partition coefficient (Wildman–Crippen LogP) is 2.63. The molecule has 1 aromatic heterocycles. The molecule has 5 heteroatoms. The molecular weight excluding hydrogens is 278 g/mol. The van der Waals surface area contributed by atoms with Gasteiger partial charge in [-0.3, -0.25) is 0 Å². The molecule has 0 aliphatic rings. The van der Waals surface area contributed by atoms with Crippen LogP contribution in [0.3, 0.4) is 0 Å². The molecule has 0 saturated carbocycles. The van der Waals surface area contributed by atoms with E-state index >= 15 is 0 Å². The van der Waals surface area contributed by atoms with Crippen molar-refractivity contribution in [3.8, 4) is 0 Å². The van der Waals surface area contributed by atoms with E-state index in [1.165, 1.54) is 11.0 Å². The molecule has 2 N–H and O–H groups in total. The second-order valence-electron chi connectivity index (χ2n) is 3.16. The highest BCUT2D eigenvalue weighted by atomic mass is 79.9. The van der Waals surface area contributed by atoms with Gasteiger partial charge in [-0.1, -0.05) is 5.57 Å². The molecule has 1 heterocycles. The Balaban J connectivity index is 2.30. The number of carboxylic acid groups (broad SMARTS) is 1. The van der Waals surface area contributed by atoms with Gasteiger partial charge in [0, 0.05) is 33.9 Å². The molecule has 0 aliphatic carbocycles. The molecule has 82 valence electrons. The average Bonchev–Trinajstić information content (AvgIpc) is 2.50. The Kier molecular flexibility index (Phi) is 5.01. The summed E-state index contributed by atoms with van der Waals surface area (Å²) in [4.78, 5) is 11.6. The summed E-state index contributed by atoms with van der Waals surface area (Å²) >= 11 is 5.05. The first-order valence-electron chi connectivity index (χ1n) is 4.41. The zero-order valence-corrected chi connectivity index (χ0v) is 10.7. The first kappa shape index (κ1) is 12.4. The number of carboxylic acids is 1. The van der Waals surface area contributed by atoms with Crippen LogP contribution in [0.1, 0.15) is 11.8 Å². The van der Waals surface area contributed by atoms with Crippen LogP contribution in [0.15, 0.2) is 27.6 Å². The van der Waals surface area contributed by atoms with Crippen molar-refractivity contribution in [2.75, 3.05) is 6.54 Å². The highest BCUT2D eigenvalue weighted by Gasteiger charge is 1.98. The van der Waals surface area contributed by atoms with Crippen molar-refractivity contribution in [3.05, 3.63) is 32.4 Å². The Labute approximate surface area is 101 Å². The van der Waals surface area contributed by atoms with Gasteiger partial charge >= 0.3 is 5.97 Å². The molecule has 0 bridgehead atoms. The van der Waals surface area contributed by atoms with E-state index in [1.54, 1.807) is 18.3 Å². The fourth-order valence-corrected chi connectivity index (χ4v) is 2.51. The number of hydrogen-bond donors (Lipinski definition) is 2. The van der Waals surface area contributed by atoms with Crippen LogP contribution in [0, 0.1) is 0 Å². The summed E-state index contributed by atoms with van der Waals surface area (Å²) in [5, 5.41) is 13.7. The first-order chi connectivity index (χ1) is 7.08. The van der Waals surface area contributed by atoms with Gasteiger partial charge < -0.3 is 10.4 Å². The van der Waals surface area contributed by atoms with Crippen LogP contribution in [0.4, 0.5) is 0 Å². The molecule has 0 saturated heterocycles. The quantitative estimate of drug-likeness (QED) is 0.820. The molecule has 0 amide bonds. The summed E-state index contributed by atoms with van der Waals surface area (Å²) in [5.74, 6) is -0.895. The Hall–Kier alpha value is -0.650. The zero-order chi connectivity index (χ0) is 11.3. The third-order valence-corrected chi connectivity index (χ3v) is 3.39. The normalized spacial score (nSPS) is 11.7. The Bertz CT molecular complexity index is 373. The number of carbonyl (C=O) groups is 1. The maximum Gasteiger partial charge on any atom is 0.328 e. The van der Waals surface area contributed by atoms with Crippen molar-refractivity contribution in [3.63, 3.8) is 0 Å². The predicted molar refractivity (Wildman–Crippen MR) is 65.1 cm³/mol. The lowest BCUT2D eigenvalue weighted by Gasteiger charge is -2.02. The van der Waals surface area contributed by atoms with E-state index in [4.69, 9.17) is 5.11 Å². The van der Waals surface area contributed by atoms with Gasteiger partial charge in [0.15, 0.2) is 0 Å². The van der Waals surface area contributed by atoms with Crippen LogP contribution in [0.25, 0.3) is 0 Å². The fraction of sp³-hybridized carbons (Fsp3) is 0.300. The molecule has 0 unspecified atom stereocenters. The fourth-order valence-electron chi connectivity index (χ4n) is 1.09. The van der Waals surface area contributed by atoms with Crippen molar-refractivity contribution < 1.29 is 9.90 Å². The molecule has 0 radical (unpaired) electrons. The minimum Gasteiger partial charge on any atom is -0.478 e. The van der Waals surface area contributed by atoms with E-state index in [1.807, 2.05) is 11.4 Å². The average molecular weight is 290 g/mol. The topological polar surface area (TPSA) is 49.3 Å². The number of rotatable bonds is 5. The number of hydrogen-bond acceptors (Lipinski definition) is 3. The second kappa shape index (κ2) is 6.05. The third kappa shape index (κ3) is 5.11. The molecule has 0 atom stereocenters. The van der Waals surface area contributed by atoms with E-state index in [0.29, 0.717) is 6.54 Å². The van der Waals surface area contributed by atoms with Crippen LogP contribution in [-0.2, 0) is 11.3 Å². The minimum absolute atomic E-state index is 0.599. The summed E-state index contributed by atoms with van der Waals surface area (Å²) in [7, 11) is 0. The first-order valence-corrected chi connectivity index (χ1v) is 6.09. The highest BCUT2D eigenvalue weighted by molar-refractivity contribution is 9.10. The summed E-state index contributed by atoms with van der Waals surface area (Å²) in [6.07, 6.45) is 1.22. The molecule has 0 aromatic carbocycles. The highest BCUT2D eigenvalue weighted by Crippen LogP contribution is 2.19. The third-order valence-electron chi connectivity index (χ3n) is 1.69.